The molecule has 0 spiro atoms. The van der Waals surface area contributed by atoms with E-state index in [9.17, 15) is 4.79 Å². The lowest BCUT2D eigenvalue weighted by Gasteiger charge is -2.37. The fourth-order valence-electron chi connectivity index (χ4n) is 2.79. The summed E-state index contributed by atoms with van der Waals surface area (Å²) in [6.45, 7) is 2.16. The van der Waals surface area contributed by atoms with E-state index >= 15 is 0 Å². The summed E-state index contributed by atoms with van der Waals surface area (Å²) in [5, 5.41) is 0. The third-order valence-corrected chi connectivity index (χ3v) is 3.80. The van der Waals surface area contributed by atoms with Crippen LogP contribution < -0.4 is 10.6 Å². The Balaban J connectivity index is 2.15. The molecule has 0 aliphatic heterocycles. The molecular weight excluding hydrogens is 226 g/mol. The van der Waals surface area contributed by atoms with Gasteiger partial charge >= 0.3 is 0 Å². The lowest BCUT2D eigenvalue weighted by molar-refractivity contribution is -0.125. The van der Waals surface area contributed by atoms with Gasteiger partial charge in [0, 0.05) is 13.2 Å². The van der Waals surface area contributed by atoms with E-state index in [1.54, 1.807) is 24.3 Å². The molecule has 2 N–H and O–H groups in total. The highest BCUT2D eigenvalue weighted by molar-refractivity contribution is 5.99. The Bertz CT molecular complexity index is 420. The van der Waals surface area contributed by atoms with Crippen LogP contribution in [0.4, 0.5) is 5.69 Å². The van der Waals surface area contributed by atoms with Crippen LogP contribution in [0.3, 0.4) is 0 Å². The van der Waals surface area contributed by atoms with Gasteiger partial charge in [-0.3, -0.25) is 9.78 Å². The van der Waals surface area contributed by atoms with E-state index in [0.29, 0.717) is 5.92 Å². The van der Waals surface area contributed by atoms with Crippen molar-refractivity contribution in [2.24, 2.45) is 11.7 Å². The number of carbonyl (C=O) groups excluding carboxylic acids is 1. The number of aromatic nitrogens is 1. The Morgan fingerprint density at radius 1 is 1.61 bits per heavy atom. The van der Waals surface area contributed by atoms with Gasteiger partial charge < -0.3 is 10.6 Å². The second kappa shape index (κ2) is 5.06. The number of carbonyl (C=O) groups is 1. The summed E-state index contributed by atoms with van der Waals surface area (Å²) in [5.74, 6) is 0.525. The lowest BCUT2D eigenvalue weighted by atomic mass is 9.76. The summed E-state index contributed by atoms with van der Waals surface area (Å²) in [6, 6.07) is 3.70. The van der Waals surface area contributed by atoms with Gasteiger partial charge in [0.1, 0.15) is 0 Å². The molecule has 4 nitrogen and oxygen atoms in total. The van der Waals surface area contributed by atoms with Crippen molar-refractivity contribution >= 4 is 11.6 Å². The first-order valence-corrected chi connectivity index (χ1v) is 6.50. The van der Waals surface area contributed by atoms with Gasteiger partial charge in [0.2, 0.25) is 5.91 Å². The van der Waals surface area contributed by atoms with E-state index in [0.717, 1.165) is 24.9 Å². The number of hydrogen-bond donors (Lipinski definition) is 1. The van der Waals surface area contributed by atoms with Crippen LogP contribution in [-0.2, 0) is 4.79 Å². The molecule has 4 heteroatoms. The van der Waals surface area contributed by atoms with E-state index < -0.39 is 5.54 Å². The number of hydrogen-bond acceptors (Lipinski definition) is 3. The highest BCUT2D eigenvalue weighted by Gasteiger charge is 2.39. The van der Waals surface area contributed by atoms with Crippen molar-refractivity contribution in [3.05, 3.63) is 24.5 Å². The van der Waals surface area contributed by atoms with Crippen molar-refractivity contribution in [3.8, 4) is 0 Å². The van der Waals surface area contributed by atoms with Gasteiger partial charge in [-0.2, -0.15) is 0 Å². The first kappa shape index (κ1) is 13.0. The molecule has 0 radical (unpaired) electrons. The molecule has 1 aliphatic carbocycles. The standard InChI is InChI=1S/C14H21N3O/c1-11-5-3-7-14(15,9-11)13(18)17(2)12-6-4-8-16-10-12/h4,6,8,10-11H,3,5,7,9,15H2,1-2H3. The van der Waals surface area contributed by atoms with Crippen molar-refractivity contribution in [3.63, 3.8) is 0 Å². The maximum Gasteiger partial charge on any atom is 0.246 e. The smallest absolute Gasteiger partial charge is 0.246 e. The molecule has 2 rings (SSSR count). The SMILES string of the molecule is CC1CCCC(N)(C(=O)N(C)c2cccnc2)C1. The molecule has 0 aromatic carbocycles. The van der Waals surface area contributed by atoms with Gasteiger partial charge in [0.15, 0.2) is 0 Å². The molecule has 2 unspecified atom stereocenters. The average Bonchev–Trinajstić information content (AvgIpc) is 2.38. The van der Waals surface area contributed by atoms with E-state index in [2.05, 4.69) is 11.9 Å². The molecule has 1 heterocycles. The number of rotatable bonds is 2. The average molecular weight is 247 g/mol. The Hall–Kier alpha value is -1.42. The topological polar surface area (TPSA) is 59.2 Å². The normalized spacial score (nSPS) is 27.8. The summed E-state index contributed by atoms with van der Waals surface area (Å²) in [5.41, 5.74) is 6.41. The zero-order valence-corrected chi connectivity index (χ0v) is 11.1. The first-order valence-electron chi connectivity index (χ1n) is 6.50. The minimum Gasteiger partial charge on any atom is -0.317 e. The van der Waals surface area contributed by atoms with Crippen molar-refractivity contribution in [1.29, 1.82) is 0 Å². The van der Waals surface area contributed by atoms with Gasteiger partial charge in [-0.15, -0.1) is 0 Å². The number of likely N-dealkylation sites (N-methyl/N-ethyl adjacent to an activating group) is 1. The number of nitrogens with zero attached hydrogens (tertiary/aromatic N) is 2. The molecule has 1 aliphatic rings. The van der Waals surface area contributed by atoms with Gasteiger partial charge in [-0.05, 0) is 30.9 Å². The van der Waals surface area contributed by atoms with Crippen LogP contribution >= 0.6 is 0 Å². The quantitative estimate of drug-likeness (QED) is 0.869. The zero-order chi connectivity index (χ0) is 13.2. The highest BCUT2D eigenvalue weighted by atomic mass is 16.2. The number of pyridine rings is 1. The monoisotopic (exact) mass is 247 g/mol. The molecule has 1 saturated carbocycles. The fraction of sp³-hybridized carbons (Fsp3) is 0.571. The maximum atomic E-state index is 12.5. The van der Waals surface area contributed by atoms with Crippen LogP contribution in [0, 0.1) is 5.92 Å². The van der Waals surface area contributed by atoms with E-state index in [1.165, 1.54) is 6.42 Å². The fourth-order valence-corrected chi connectivity index (χ4v) is 2.79. The Labute approximate surface area is 108 Å². The van der Waals surface area contributed by atoms with E-state index in [1.807, 2.05) is 12.1 Å². The number of amides is 1. The largest absolute Gasteiger partial charge is 0.317 e. The summed E-state index contributed by atoms with van der Waals surface area (Å²) >= 11 is 0. The van der Waals surface area contributed by atoms with Gasteiger partial charge in [-0.1, -0.05) is 19.8 Å². The second-order valence-electron chi connectivity index (χ2n) is 5.43. The third kappa shape index (κ3) is 2.53. The molecule has 0 saturated heterocycles. The van der Waals surface area contributed by atoms with Gasteiger partial charge in [0.05, 0.1) is 17.4 Å². The molecule has 1 amide bonds. The van der Waals surface area contributed by atoms with Crippen molar-refractivity contribution in [2.75, 3.05) is 11.9 Å². The van der Waals surface area contributed by atoms with Crippen molar-refractivity contribution < 1.29 is 4.79 Å². The van der Waals surface area contributed by atoms with Crippen molar-refractivity contribution in [1.82, 2.24) is 4.98 Å². The molecular formula is C14H21N3O. The van der Waals surface area contributed by atoms with Crippen LogP contribution in [-0.4, -0.2) is 23.5 Å². The van der Waals surface area contributed by atoms with Crippen molar-refractivity contribution in [2.45, 2.75) is 38.1 Å². The molecule has 1 fully saturated rings. The minimum atomic E-state index is -0.706. The second-order valence-corrected chi connectivity index (χ2v) is 5.43. The van der Waals surface area contributed by atoms with Crippen LogP contribution in [0.5, 0.6) is 0 Å². The van der Waals surface area contributed by atoms with Gasteiger partial charge in [-0.25, -0.2) is 0 Å². The summed E-state index contributed by atoms with van der Waals surface area (Å²) in [6.07, 6.45) is 7.14. The molecule has 2 atom stereocenters. The summed E-state index contributed by atoms with van der Waals surface area (Å²) in [7, 11) is 1.77. The molecule has 1 aromatic rings. The van der Waals surface area contributed by atoms with Crippen LogP contribution in [0.1, 0.15) is 32.6 Å². The van der Waals surface area contributed by atoms with E-state index in [4.69, 9.17) is 5.73 Å². The molecule has 0 bridgehead atoms. The third-order valence-electron chi connectivity index (χ3n) is 3.80. The highest BCUT2D eigenvalue weighted by Crippen LogP contribution is 2.32. The number of anilines is 1. The first-order chi connectivity index (χ1) is 8.53. The summed E-state index contributed by atoms with van der Waals surface area (Å²) < 4.78 is 0. The molecule has 98 valence electrons. The predicted octanol–water partition coefficient (Wildman–Crippen LogP) is 1.95. The van der Waals surface area contributed by atoms with Gasteiger partial charge in [0.25, 0.3) is 0 Å². The number of nitrogens with two attached hydrogens (primary N) is 1. The Kier molecular flexibility index (Phi) is 3.66. The minimum absolute atomic E-state index is 0.00190. The van der Waals surface area contributed by atoms with Crippen LogP contribution in [0.25, 0.3) is 0 Å². The van der Waals surface area contributed by atoms with Crippen LogP contribution in [0.2, 0.25) is 0 Å². The zero-order valence-electron chi connectivity index (χ0n) is 11.1. The van der Waals surface area contributed by atoms with Crippen LogP contribution in [0.15, 0.2) is 24.5 Å². The Morgan fingerprint density at radius 2 is 2.39 bits per heavy atom. The predicted molar refractivity (Wildman–Crippen MR) is 72.2 cm³/mol. The van der Waals surface area contributed by atoms with E-state index in [-0.39, 0.29) is 5.91 Å². The lowest BCUT2D eigenvalue weighted by Crippen LogP contribution is -2.56. The summed E-state index contributed by atoms with van der Waals surface area (Å²) in [4.78, 5) is 18.2. The molecule has 1 aromatic heterocycles. The molecule has 18 heavy (non-hydrogen) atoms. The maximum absolute atomic E-state index is 12.5. The Morgan fingerprint density at radius 3 is 3.00 bits per heavy atom.